The molecule has 4 aliphatic rings. The molecule has 5 heterocycles. The first-order chi connectivity index (χ1) is 16.8. The highest BCUT2D eigenvalue weighted by molar-refractivity contribution is 5.71. The van der Waals surface area contributed by atoms with E-state index < -0.39 is 5.60 Å². The van der Waals surface area contributed by atoms with Crippen LogP contribution in [-0.2, 0) is 10.3 Å². The first-order valence-electron chi connectivity index (χ1n) is 12.9. The summed E-state index contributed by atoms with van der Waals surface area (Å²) in [4.78, 5) is 19.1. The van der Waals surface area contributed by atoms with Crippen LogP contribution in [-0.4, -0.2) is 67.8 Å². The summed E-state index contributed by atoms with van der Waals surface area (Å²) in [5, 5.41) is 16.9. The molecule has 35 heavy (non-hydrogen) atoms. The van der Waals surface area contributed by atoms with Crippen molar-refractivity contribution in [3.8, 4) is 17.1 Å². The second kappa shape index (κ2) is 8.20. The Labute approximate surface area is 206 Å². The fourth-order valence-electron chi connectivity index (χ4n) is 6.03. The molecule has 0 aromatic carbocycles. The maximum absolute atomic E-state index is 12.6. The molecule has 2 saturated heterocycles. The van der Waals surface area contributed by atoms with Crippen LogP contribution >= 0.6 is 0 Å². The third-order valence-electron chi connectivity index (χ3n) is 8.33. The summed E-state index contributed by atoms with van der Waals surface area (Å²) in [6.07, 6.45) is 6.88. The molecule has 0 bridgehead atoms. The van der Waals surface area contributed by atoms with Crippen molar-refractivity contribution in [1.29, 1.82) is 0 Å². The first-order valence-corrected chi connectivity index (χ1v) is 12.9. The van der Waals surface area contributed by atoms with Gasteiger partial charge in [-0.25, -0.2) is 4.79 Å². The van der Waals surface area contributed by atoms with Gasteiger partial charge in [0.25, 0.3) is 0 Å². The summed E-state index contributed by atoms with van der Waals surface area (Å²) >= 11 is 0. The SMILES string of the molecule is Cc1c2c(nn1[C@@H]1CCN(O)C(C)(C)C1)-c1ncccc1OC21CCN(C(=O)OCC2CC2)CC1. The number of amides is 1. The molecule has 3 fully saturated rings. The lowest BCUT2D eigenvalue weighted by Gasteiger charge is -2.44. The molecule has 2 aromatic rings. The van der Waals surface area contributed by atoms with Gasteiger partial charge in [-0.2, -0.15) is 10.2 Å². The van der Waals surface area contributed by atoms with Crippen LogP contribution in [0.4, 0.5) is 4.79 Å². The predicted molar refractivity (Wildman–Crippen MR) is 128 cm³/mol. The predicted octanol–water partition coefficient (Wildman–Crippen LogP) is 4.29. The van der Waals surface area contributed by atoms with E-state index in [0.29, 0.717) is 45.0 Å². The molecule has 0 radical (unpaired) electrons. The maximum atomic E-state index is 12.6. The lowest BCUT2D eigenvalue weighted by atomic mass is 9.80. The van der Waals surface area contributed by atoms with E-state index in [-0.39, 0.29) is 17.7 Å². The topological polar surface area (TPSA) is 93.0 Å². The molecule has 1 amide bonds. The van der Waals surface area contributed by atoms with Gasteiger partial charge in [0.1, 0.15) is 22.7 Å². The molecular formula is C26H35N5O4. The lowest BCUT2D eigenvalue weighted by molar-refractivity contribution is -0.185. The zero-order chi connectivity index (χ0) is 24.4. The molecule has 1 atom stereocenters. The number of carbonyl (C=O) groups is 1. The van der Waals surface area contributed by atoms with Crippen LogP contribution in [0.3, 0.4) is 0 Å². The van der Waals surface area contributed by atoms with E-state index in [1.165, 1.54) is 5.06 Å². The second-order valence-electron chi connectivity index (χ2n) is 11.3. The Morgan fingerprint density at radius 3 is 2.69 bits per heavy atom. The molecular weight excluding hydrogens is 446 g/mol. The Balaban J connectivity index is 1.32. The lowest BCUT2D eigenvalue weighted by Crippen LogP contribution is -2.49. The van der Waals surface area contributed by atoms with E-state index in [2.05, 4.69) is 30.4 Å². The van der Waals surface area contributed by atoms with Gasteiger partial charge in [-0.1, -0.05) is 0 Å². The fourth-order valence-corrected chi connectivity index (χ4v) is 6.03. The van der Waals surface area contributed by atoms with Gasteiger partial charge >= 0.3 is 6.09 Å². The van der Waals surface area contributed by atoms with Crippen molar-refractivity contribution in [3.05, 3.63) is 29.6 Å². The molecule has 1 aliphatic carbocycles. The van der Waals surface area contributed by atoms with Gasteiger partial charge in [0.2, 0.25) is 0 Å². The number of piperidine rings is 2. The number of hydrogen-bond acceptors (Lipinski definition) is 7. The van der Waals surface area contributed by atoms with Crippen LogP contribution < -0.4 is 4.74 Å². The number of carbonyl (C=O) groups excluding carboxylic acids is 1. The highest BCUT2D eigenvalue weighted by Crippen LogP contribution is 2.50. The van der Waals surface area contributed by atoms with Gasteiger partial charge in [-0.3, -0.25) is 9.67 Å². The number of fused-ring (bicyclic) bond motifs is 4. The minimum Gasteiger partial charge on any atom is -0.480 e. The number of hydrogen-bond donors (Lipinski definition) is 1. The molecule has 1 N–H and O–H groups in total. The highest BCUT2D eigenvalue weighted by atomic mass is 16.6. The van der Waals surface area contributed by atoms with E-state index in [4.69, 9.17) is 14.6 Å². The van der Waals surface area contributed by atoms with E-state index >= 15 is 0 Å². The summed E-state index contributed by atoms with van der Waals surface area (Å²) in [6.45, 7) is 8.57. The Morgan fingerprint density at radius 2 is 1.97 bits per heavy atom. The number of likely N-dealkylation sites (tertiary alicyclic amines) is 1. The molecule has 0 unspecified atom stereocenters. The van der Waals surface area contributed by atoms with Crippen molar-refractivity contribution in [2.45, 2.75) is 76.5 Å². The average molecular weight is 482 g/mol. The maximum Gasteiger partial charge on any atom is 0.409 e. The summed E-state index contributed by atoms with van der Waals surface area (Å²) < 4.78 is 14.4. The molecule has 3 aliphatic heterocycles. The zero-order valence-electron chi connectivity index (χ0n) is 20.9. The summed E-state index contributed by atoms with van der Waals surface area (Å²) in [5.74, 6) is 1.31. The fraction of sp³-hybridized carbons (Fsp3) is 0.654. The zero-order valence-corrected chi connectivity index (χ0v) is 20.9. The Morgan fingerprint density at radius 1 is 1.20 bits per heavy atom. The third kappa shape index (κ3) is 3.89. The molecule has 9 nitrogen and oxygen atoms in total. The van der Waals surface area contributed by atoms with Gasteiger partial charge in [-0.05, 0) is 64.5 Å². The minimum atomic E-state index is -0.547. The van der Waals surface area contributed by atoms with E-state index in [1.54, 1.807) is 6.20 Å². The van der Waals surface area contributed by atoms with Crippen LogP contribution in [0.25, 0.3) is 11.4 Å². The van der Waals surface area contributed by atoms with Crippen molar-refractivity contribution in [1.82, 2.24) is 24.7 Å². The van der Waals surface area contributed by atoms with Crippen molar-refractivity contribution in [3.63, 3.8) is 0 Å². The molecule has 6 rings (SSSR count). The van der Waals surface area contributed by atoms with E-state index in [1.807, 2.05) is 17.0 Å². The van der Waals surface area contributed by atoms with Gasteiger partial charge in [-0.15, -0.1) is 0 Å². The number of pyridine rings is 1. The number of nitrogens with zero attached hydrogens (tertiary/aromatic N) is 5. The third-order valence-corrected chi connectivity index (χ3v) is 8.33. The van der Waals surface area contributed by atoms with Crippen LogP contribution in [0, 0.1) is 12.8 Å². The van der Waals surface area contributed by atoms with Crippen LogP contribution in [0.1, 0.15) is 69.7 Å². The number of hydroxylamine groups is 2. The van der Waals surface area contributed by atoms with Gasteiger partial charge in [0.15, 0.2) is 0 Å². The summed E-state index contributed by atoms with van der Waals surface area (Å²) in [6, 6.07) is 4.04. The smallest absolute Gasteiger partial charge is 0.409 e. The Bertz CT molecular complexity index is 1130. The van der Waals surface area contributed by atoms with Crippen LogP contribution in [0.2, 0.25) is 0 Å². The quantitative estimate of drug-likeness (QED) is 0.699. The van der Waals surface area contributed by atoms with Crippen molar-refractivity contribution >= 4 is 6.09 Å². The molecule has 1 spiro atoms. The molecule has 9 heteroatoms. The summed E-state index contributed by atoms with van der Waals surface area (Å²) in [5.41, 5.74) is 2.98. The molecule has 1 saturated carbocycles. The van der Waals surface area contributed by atoms with E-state index in [0.717, 1.165) is 54.1 Å². The molecule has 2 aromatic heterocycles. The van der Waals surface area contributed by atoms with Crippen LogP contribution in [0.5, 0.6) is 5.75 Å². The number of rotatable bonds is 3. The largest absolute Gasteiger partial charge is 0.480 e. The van der Waals surface area contributed by atoms with Crippen LogP contribution in [0.15, 0.2) is 18.3 Å². The van der Waals surface area contributed by atoms with Crippen molar-refractivity contribution in [2.75, 3.05) is 26.2 Å². The monoisotopic (exact) mass is 481 g/mol. The van der Waals surface area contributed by atoms with E-state index in [9.17, 15) is 10.0 Å². The number of aromatic nitrogens is 3. The summed E-state index contributed by atoms with van der Waals surface area (Å²) in [7, 11) is 0. The second-order valence-corrected chi connectivity index (χ2v) is 11.3. The molecule has 188 valence electrons. The Kier molecular flexibility index (Phi) is 5.34. The normalized spacial score (nSPS) is 25.0. The van der Waals surface area contributed by atoms with Crippen molar-refractivity contribution < 1.29 is 19.5 Å². The highest BCUT2D eigenvalue weighted by Gasteiger charge is 2.49. The number of ether oxygens (including phenoxy) is 2. The Hall–Kier alpha value is -2.65. The minimum absolute atomic E-state index is 0.181. The standard InChI is InChI=1S/C26H35N5O4/c1-17-21-23(28-31(17)19-8-12-30(33)25(2,3)15-19)22-20(5-4-11-27-22)35-26(21)9-13-29(14-10-26)24(32)34-16-18-6-7-18/h4-5,11,18-19,33H,6-10,12-16H2,1-3H3/t19-/m1/s1. The van der Waals surface area contributed by atoms with Gasteiger partial charge < -0.3 is 19.6 Å². The van der Waals surface area contributed by atoms with Gasteiger partial charge in [0, 0.05) is 55.5 Å². The van der Waals surface area contributed by atoms with Gasteiger partial charge in [0.05, 0.1) is 12.6 Å². The average Bonchev–Trinajstić information content (AvgIpc) is 3.60. The van der Waals surface area contributed by atoms with Crippen molar-refractivity contribution in [2.24, 2.45) is 5.92 Å². The first kappa shape index (κ1) is 22.8.